The molecule has 0 aromatic heterocycles. The van der Waals surface area contributed by atoms with Gasteiger partial charge in [0.1, 0.15) is 11.5 Å². The largest absolute Gasteiger partial charge is 0.493 e. The predicted octanol–water partition coefficient (Wildman–Crippen LogP) is 3.53. The molecule has 154 valence electrons. The molecule has 2 amide bonds. The third-order valence-electron chi connectivity index (χ3n) is 4.39. The van der Waals surface area contributed by atoms with E-state index < -0.39 is 5.91 Å². The second-order valence-electron chi connectivity index (χ2n) is 6.39. The number of nitrogens with one attached hydrogen (secondary N) is 1. The SMILES string of the molecule is COc1ccc(CNC(=O)c2ccc(Oc3ccc(C(N)=O)cc3)cc2)cc1OC. The fourth-order valence-corrected chi connectivity index (χ4v) is 2.77. The Kier molecular flexibility index (Phi) is 6.54. The Morgan fingerprint density at radius 2 is 1.37 bits per heavy atom. The summed E-state index contributed by atoms with van der Waals surface area (Å²) in [6.07, 6.45) is 0. The molecule has 0 spiro atoms. The van der Waals surface area contributed by atoms with Gasteiger partial charge in [-0.3, -0.25) is 9.59 Å². The van der Waals surface area contributed by atoms with Gasteiger partial charge in [0.05, 0.1) is 14.2 Å². The number of hydrogen-bond donors (Lipinski definition) is 2. The Bertz CT molecular complexity index is 1030. The number of carbonyl (C=O) groups is 2. The lowest BCUT2D eigenvalue weighted by Crippen LogP contribution is -2.22. The van der Waals surface area contributed by atoms with Crippen LogP contribution >= 0.6 is 0 Å². The minimum atomic E-state index is -0.495. The number of carbonyl (C=O) groups excluding carboxylic acids is 2. The van der Waals surface area contributed by atoms with E-state index in [0.717, 1.165) is 5.56 Å². The van der Waals surface area contributed by atoms with Crippen molar-refractivity contribution >= 4 is 11.8 Å². The summed E-state index contributed by atoms with van der Waals surface area (Å²) >= 11 is 0. The Labute approximate surface area is 174 Å². The number of amides is 2. The predicted molar refractivity (Wildman–Crippen MR) is 112 cm³/mol. The molecule has 3 N–H and O–H groups in total. The molecule has 0 unspecified atom stereocenters. The van der Waals surface area contributed by atoms with Gasteiger partial charge in [0.15, 0.2) is 11.5 Å². The van der Waals surface area contributed by atoms with Crippen molar-refractivity contribution in [1.82, 2.24) is 5.32 Å². The van der Waals surface area contributed by atoms with E-state index in [0.29, 0.717) is 40.7 Å². The van der Waals surface area contributed by atoms with Crippen LogP contribution in [0.1, 0.15) is 26.3 Å². The van der Waals surface area contributed by atoms with Crippen LogP contribution in [0.5, 0.6) is 23.0 Å². The molecule has 30 heavy (non-hydrogen) atoms. The van der Waals surface area contributed by atoms with Crippen molar-refractivity contribution in [3.8, 4) is 23.0 Å². The molecule has 3 rings (SSSR count). The van der Waals surface area contributed by atoms with Gasteiger partial charge in [0.2, 0.25) is 5.91 Å². The van der Waals surface area contributed by atoms with Gasteiger partial charge in [-0.15, -0.1) is 0 Å². The second-order valence-corrected chi connectivity index (χ2v) is 6.39. The maximum absolute atomic E-state index is 12.4. The van der Waals surface area contributed by atoms with Gasteiger partial charge in [0.25, 0.3) is 5.91 Å². The van der Waals surface area contributed by atoms with Crippen LogP contribution in [0, 0.1) is 0 Å². The fraction of sp³-hybridized carbons (Fsp3) is 0.130. The van der Waals surface area contributed by atoms with Crippen molar-refractivity contribution in [1.29, 1.82) is 0 Å². The van der Waals surface area contributed by atoms with Crippen molar-refractivity contribution in [3.05, 3.63) is 83.4 Å². The first-order chi connectivity index (χ1) is 14.5. The number of nitrogens with two attached hydrogens (primary N) is 1. The first kappa shape index (κ1) is 20.7. The summed E-state index contributed by atoms with van der Waals surface area (Å²) in [5.74, 6) is 1.66. The number of rotatable bonds is 8. The molecular weight excluding hydrogens is 384 g/mol. The molecule has 7 heteroatoms. The molecule has 3 aromatic rings. The standard InChI is InChI=1S/C23H22N2O5/c1-28-20-12-3-15(13-21(20)29-2)14-25-23(27)17-6-10-19(11-7-17)30-18-8-4-16(5-9-18)22(24)26/h3-13H,14H2,1-2H3,(H2,24,26)(H,25,27). The van der Waals surface area contributed by atoms with Gasteiger partial charge < -0.3 is 25.3 Å². The third kappa shape index (κ3) is 5.08. The maximum Gasteiger partial charge on any atom is 0.251 e. The van der Waals surface area contributed by atoms with E-state index in [-0.39, 0.29) is 5.91 Å². The summed E-state index contributed by atoms with van der Waals surface area (Å²) < 4.78 is 16.2. The lowest BCUT2D eigenvalue weighted by atomic mass is 10.1. The zero-order chi connectivity index (χ0) is 21.5. The van der Waals surface area contributed by atoms with Gasteiger partial charge >= 0.3 is 0 Å². The highest BCUT2D eigenvalue weighted by Gasteiger charge is 2.09. The van der Waals surface area contributed by atoms with Gasteiger partial charge in [-0.2, -0.15) is 0 Å². The minimum Gasteiger partial charge on any atom is -0.493 e. The van der Waals surface area contributed by atoms with Crippen LogP contribution in [0.15, 0.2) is 66.7 Å². The Hall–Kier alpha value is -4.00. The zero-order valence-electron chi connectivity index (χ0n) is 16.7. The molecule has 3 aromatic carbocycles. The smallest absolute Gasteiger partial charge is 0.251 e. The summed E-state index contributed by atoms with van der Waals surface area (Å²) in [4.78, 5) is 23.5. The summed E-state index contributed by atoms with van der Waals surface area (Å²) in [6.45, 7) is 0.351. The summed E-state index contributed by atoms with van der Waals surface area (Å²) in [5.41, 5.74) is 7.02. The quantitative estimate of drug-likeness (QED) is 0.596. The molecule has 0 aliphatic rings. The van der Waals surface area contributed by atoms with E-state index >= 15 is 0 Å². The number of ether oxygens (including phenoxy) is 3. The average Bonchev–Trinajstić information content (AvgIpc) is 2.78. The van der Waals surface area contributed by atoms with E-state index in [1.165, 1.54) is 0 Å². The van der Waals surface area contributed by atoms with Crippen LogP contribution < -0.4 is 25.3 Å². The molecule has 0 aliphatic carbocycles. The number of benzene rings is 3. The third-order valence-corrected chi connectivity index (χ3v) is 4.39. The summed E-state index contributed by atoms with van der Waals surface area (Å²) in [6, 6.07) is 18.7. The van der Waals surface area contributed by atoms with Crippen molar-refractivity contribution < 1.29 is 23.8 Å². The zero-order valence-corrected chi connectivity index (χ0v) is 16.7. The molecule has 0 heterocycles. The van der Waals surface area contributed by atoms with E-state index in [4.69, 9.17) is 19.9 Å². The van der Waals surface area contributed by atoms with Crippen molar-refractivity contribution in [2.75, 3.05) is 14.2 Å². The van der Waals surface area contributed by atoms with Crippen molar-refractivity contribution in [2.24, 2.45) is 5.73 Å². The minimum absolute atomic E-state index is 0.206. The molecule has 0 saturated heterocycles. The van der Waals surface area contributed by atoms with Crippen LogP contribution in [-0.2, 0) is 6.54 Å². The average molecular weight is 406 g/mol. The van der Waals surface area contributed by atoms with Crippen LogP contribution in [0.25, 0.3) is 0 Å². The van der Waals surface area contributed by atoms with E-state index in [2.05, 4.69) is 5.32 Å². The lowest BCUT2D eigenvalue weighted by Gasteiger charge is -2.11. The number of methoxy groups -OCH3 is 2. The molecule has 0 bridgehead atoms. The molecule has 0 fully saturated rings. The van der Waals surface area contributed by atoms with Crippen molar-refractivity contribution in [2.45, 2.75) is 6.54 Å². The van der Waals surface area contributed by atoms with Gasteiger partial charge in [-0.1, -0.05) is 6.07 Å². The fourth-order valence-electron chi connectivity index (χ4n) is 2.77. The number of hydrogen-bond acceptors (Lipinski definition) is 5. The van der Waals surface area contributed by atoms with Crippen molar-refractivity contribution in [3.63, 3.8) is 0 Å². The first-order valence-corrected chi connectivity index (χ1v) is 9.17. The molecule has 0 atom stereocenters. The van der Waals surface area contributed by atoms with Gasteiger partial charge in [-0.25, -0.2) is 0 Å². The van der Waals surface area contributed by atoms with Crippen LogP contribution in [0.3, 0.4) is 0 Å². The normalized spacial score (nSPS) is 10.2. The Morgan fingerprint density at radius 3 is 1.90 bits per heavy atom. The molecule has 0 radical (unpaired) electrons. The Morgan fingerprint density at radius 1 is 0.800 bits per heavy atom. The first-order valence-electron chi connectivity index (χ1n) is 9.17. The van der Waals surface area contributed by atoms with Gasteiger partial charge in [-0.05, 0) is 66.2 Å². The van der Waals surface area contributed by atoms with Gasteiger partial charge in [0, 0.05) is 17.7 Å². The topological polar surface area (TPSA) is 99.9 Å². The Balaban J connectivity index is 1.59. The number of primary amides is 1. The van der Waals surface area contributed by atoms with E-state index in [9.17, 15) is 9.59 Å². The van der Waals surface area contributed by atoms with Crippen LogP contribution in [0.4, 0.5) is 0 Å². The van der Waals surface area contributed by atoms with Crippen LogP contribution in [0.2, 0.25) is 0 Å². The molecule has 0 aliphatic heterocycles. The molecular formula is C23H22N2O5. The maximum atomic E-state index is 12.4. The summed E-state index contributed by atoms with van der Waals surface area (Å²) in [5, 5.41) is 2.87. The molecule has 7 nitrogen and oxygen atoms in total. The molecule has 0 saturated carbocycles. The second kappa shape index (κ2) is 9.47. The monoisotopic (exact) mass is 406 g/mol. The van der Waals surface area contributed by atoms with E-state index in [1.807, 2.05) is 12.1 Å². The van der Waals surface area contributed by atoms with E-state index in [1.54, 1.807) is 68.8 Å². The highest BCUT2D eigenvalue weighted by molar-refractivity contribution is 5.94. The summed E-state index contributed by atoms with van der Waals surface area (Å²) in [7, 11) is 3.14. The highest BCUT2D eigenvalue weighted by atomic mass is 16.5. The van der Waals surface area contributed by atoms with Crippen LogP contribution in [-0.4, -0.2) is 26.0 Å². The highest BCUT2D eigenvalue weighted by Crippen LogP contribution is 2.27. The lowest BCUT2D eigenvalue weighted by molar-refractivity contribution is 0.0949.